The second-order valence-electron chi connectivity index (χ2n) is 4.02. The molecule has 3 heteroatoms. The Morgan fingerprint density at radius 3 is 2.79 bits per heavy atom. The Labute approximate surface area is 85.1 Å². The minimum absolute atomic E-state index is 0.185. The van der Waals surface area contributed by atoms with Crippen molar-refractivity contribution in [1.82, 2.24) is 5.32 Å². The summed E-state index contributed by atoms with van der Waals surface area (Å²) in [7, 11) is 0. The van der Waals surface area contributed by atoms with E-state index < -0.39 is 0 Å². The minimum atomic E-state index is 0.185. The van der Waals surface area contributed by atoms with Crippen molar-refractivity contribution in [2.75, 3.05) is 6.61 Å². The maximum absolute atomic E-state index is 9.12. The second kappa shape index (κ2) is 5.83. The summed E-state index contributed by atoms with van der Waals surface area (Å²) in [4.78, 5) is 0. The number of rotatable bonds is 6. The van der Waals surface area contributed by atoms with Crippen molar-refractivity contribution in [2.45, 2.75) is 32.9 Å². The Hall–Kier alpha value is -0.800. The lowest BCUT2D eigenvalue weighted by molar-refractivity contribution is 0.223. The zero-order chi connectivity index (χ0) is 10.4. The summed E-state index contributed by atoms with van der Waals surface area (Å²) < 4.78 is 4.96. The van der Waals surface area contributed by atoms with E-state index in [0.717, 1.165) is 18.5 Å². The number of hydrogen-bond acceptors (Lipinski definition) is 3. The van der Waals surface area contributed by atoms with Crippen LogP contribution in [0, 0.1) is 5.92 Å². The fraction of sp³-hybridized carbons (Fsp3) is 0.636. The van der Waals surface area contributed by atoms with Crippen LogP contribution in [-0.2, 0) is 6.54 Å². The molecule has 1 aromatic rings. The summed E-state index contributed by atoms with van der Waals surface area (Å²) in [5.74, 6) is 0.601. The Kier molecular flexibility index (Phi) is 4.70. The average molecular weight is 197 g/mol. The van der Waals surface area contributed by atoms with Crippen LogP contribution < -0.4 is 5.32 Å². The topological polar surface area (TPSA) is 45.4 Å². The van der Waals surface area contributed by atoms with Gasteiger partial charge in [0, 0.05) is 18.2 Å². The summed E-state index contributed by atoms with van der Waals surface area (Å²) in [6.07, 6.45) is 4.37. The highest BCUT2D eigenvalue weighted by molar-refractivity contribution is 5.04. The van der Waals surface area contributed by atoms with Crippen molar-refractivity contribution in [3.8, 4) is 0 Å². The van der Waals surface area contributed by atoms with E-state index in [1.807, 2.05) is 6.07 Å². The third-order valence-electron chi connectivity index (χ3n) is 2.15. The van der Waals surface area contributed by atoms with Crippen LogP contribution >= 0.6 is 0 Å². The molecule has 2 N–H and O–H groups in total. The fourth-order valence-electron chi connectivity index (χ4n) is 1.45. The van der Waals surface area contributed by atoms with E-state index in [2.05, 4.69) is 19.2 Å². The Morgan fingerprint density at radius 2 is 2.29 bits per heavy atom. The first-order chi connectivity index (χ1) is 6.72. The molecule has 1 unspecified atom stereocenters. The smallest absolute Gasteiger partial charge is 0.0947 e. The lowest BCUT2D eigenvalue weighted by Crippen LogP contribution is -2.33. The van der Waals surface area contributed by atoms with Crippen molar-refractivity contribution in [3.63, 3.8) is 0 Å². The average Bonchev–Trinajstić information content (AvgIpc) is 2.64. The van der Waals surface area contributed by atoms with Gasteiger partial charge in [-0.2, -0.15) is 0 Å². The van der Waals surface area contributed by atoms with Crippen molar-refractivity contribution in [2.24, 2.45) is 5.92 Å². The molecular formula is C11H19NO2. The molecule has 1 rings (SSSR count). The van der Waals surface area contributed by atoms with Crippen LogP contribution in [0.1, 0.15) is 25.8 Å². The van der Waals surface area contributed by atoms with E-state index in [1.165, 1.54) is 0 Å². The molecule has 0 aliphatic rings. The fourth-order valence-corrected chi connectivity index (χ4v) is 1.45. The highest BCUT2D eigenvalue weighted by Crippen LogP contribution is 2.06. The van der Waals surface area contributed by atoms with Gasteiger partial charge in [-0.15, -0.1) is 0 Å². The summed E-state index contributed by atoms with van der Waals surface area (Å²) in [6, 6.07) is 2.11. The first-order valence-electron chi connectivity index (χ1n) is 5.07. The maximum atomic E-state index is 9.12. The molecule has 0 aliphatic heterocycles. The third-order valence-corrected chi connectivity index (χ3v) is 2.15. The predicted octanol–water partition coefficient (Wildman–Crippen LogP) is 1.78. The molecule has 1 atom stereocenters. The molecule has 0 aromatic carbocycles. The highest BCUT2D eigenvalue weighted by Gasteiger charge is 2.08. The zero-order valence-corrected chi connectivity index (χ0v) is 8.86. The number of hydrogen-bond donors (Lipinski definition) is 2. The molecule has 0 amide bonds. The van der Waals surface area contributed by atoms with Gasteiger partial charge in [0.05, 0.1) is 19.1 Å². The maximum Gasteiger partial charge on any atom is 0.0947 e. The SMILES string of the molecule is CC(C)CC(CO)NCc1ccoc1. The summed E-state index contributed by atoms with van der Waals surface area (Å²) in [6.45, 7) is 5.26. The third kappa shape index (κ3) is 3.94. The van der Waals surface area contributed by atoms with E-state index in [0.29, 0.717) is 5.92 Å². The van der Waals surface area contributed by atoms with E-state index in [4.69, 9.17) is 9.52 Å². The normalized spacial score (nSPS) is 13.4. The van der Waals surface area contributed by atoms with E-state index in [-0.39, 0.29) is 12.6 Å². The van der Waals surface area contributed by atoms with Gasteiger partial charge in [0.25, 0.3) is 0 Å². The van der Waals surface area contributed by atoms with Gasteiger partial charge in [-0.3, -0.25) is 0 Å². The number of aliphatic hydroxyl groups is 1. The molecule has 1 aromatic heterocycles. The van der Waals surface area contributed by atoms with Crippen LogP contribution in [0.15, 0.2) is 23.0 Å². The van der Waals surface area contributed by atoms with Crippen LogP contribution in [0.2, 0.25) is 0 Å². The molecule has 0 fully saturated rings. The van der Waals surface area contributed by atoms with Gasteiger partial charge in [-0.1, -0.05) is 13.8 Å². The quantitative estimate of drug-likeness (QED) is 0.730. The lowest BCUT2D eigenvalue weighted by atomic mass is 10.0. The van der Waals surface area contributed by atoms with Crippen molar-refractivity contribution >= 4 is 0 Å². The van der Waals surface area contributed by atoms with Crippen LogP contribution in [0.25, 0.3) is 0 Å². The summed E-state index contributed by atoms with van der Waals surface area (Å²) in [5, 5.41) is 12.4. The van der Waals surface area contributed by atoms with E-state index >= 15 is 0 Å². The first-order valence-corrected chi connectivity index (χ1v) is 5.07. The molecule has 0 saturated heterocycles. The van der Waals surface area contributed by atoms with Gasteiger partial charge in [0.1, 0.15) is 0 Å². The van der Waals surface area contributed by atoms with Gasteiger partial charge in [-0.05, 0) is 18.4 Å². The van der Waals surface area contributed by atoms with Gasteiger partial charge in [-0.25, -0.2) is 0 Å². The molecule has 0 aliphatic carbocycles. The Balaban J connectivity index is 2.27. The molecule has 0 saturated carbocycles. The van der Waals surface area contributed by atoms with Crippen molar-refractivity contribution in [3.05, 3.63) is 24.2 Å². The predicted molar refractivity (Wildman–Crippen MR) is 55.9 cm³/mol. The summed E-state index contributed by atoms with van der Waals surface area (Å²) >= 11 is 0. The number of furan rings is 1. The second-order valence-corrected chi connectivity index (χ2v) is 4.02. The monoisotopic (exact) mass is 197 g/mol. The largest absolute Gasteiger partial charge is 0.472 e. The molecule has 0 bridgehead atoms. The van der Waals surface area contributed by atoms with Crippen LogP contribution in [0.5, 0.6) is 0 Å². The van der Waals surface area contributed by atoms with Gasteiger partial charge in [0.2, 0.25) is 0 Å². The molecular weight excluding hydrogens is 178 g/mol. The van der Waals surface area contributed by atoms with Crippen LogP contribution in [0.3, 0.4) is 0 Å². The van der Waals surface area contributed by atoms with Crippen molar-refractivity contribution in [1.29, 1.82) is 0 Å². The first kappa shape index (κ1) is 11.3. The number of aliphatic hydroxyl groups excluding tert-OH is 1. The molecule has 80 valence electrons. The van der Waals surface area contributed by atoms with Crippen LogP contribution in [0.4, 0.5) is 0 Å². The zero-order valence-electron chi connectivity index (χ0n) is 8.86. The molecule has 14 heavy (non-hydrogen) atoms. The van der Waals surface area contributed by atoms with Gasteiger partial charge < -0.3 is 14.8 Å². The van der Waals surface area contributed by atoms with Crippen molar-refractivity contribution < 1.29 is 9.52 Å². The lowest BCUT2D eigenvalue weighted by Gasteiger charge is -2.17. The van der Waals surface area contributed by atoms with Crippen LogP contribution in [-0.4, -0.2) is 17.8 Å². The Morgan fingerprint density at radius 1 is 1.50 bits per heavy atom. The molecule has 0 radical (unpaired) electrons. The molecule has 0 spiro atoms. The molecule has 3 nitrogen and oxygen atoms in total. The van der Waals surface area contributed by atoms with Gasteiger partial charge in [0.15, 0.2) is 0 Å². The number of nitrogens with one attached hydrogen (secondary N) is 1. The molecule has 1 heterocycles. The Bertz CT molecular complexity index is 231. The highest BCUT2D eigenvalue weighted by atomic mass is 16.3. The minimum Gasteiger partial charge on any atom is -0.472 e. The van der Waals surface area contributed by atoms with Gasteiger partial charge >= 0.3 is 0 Å². The van der Waals surface area contributed by atoms with E-state index in [9.17, 15) is 0 Å². The van der Waals surface area contributed by atoms with E-state index in [1.54, 1.807) is 12.5 Å². The standard InChI is InChI=1S/C11H19NO2/c1-9(2)5-11(7-13)12-6-10-3-4-14-8-10/h3-4,8-9,11-13H,5-7H2,1-2H3. The summed E-state index contributed by atoms with van der Waals surface area (Å²) in [5.41, 5.74) is 1.12.